The van der Waals surface area contributed by atoms with Crippen LogP contribution in [-0.2, 0) is 9.59 Å². The minimum absolute atomic E-state index is 0.221. The lowest BCUT2D eigenvalue weighted by molar-refractivity contribution is -0.128. The highest BCUT2D eigenvalue weighted by Gasteiger charge is 2.19. The second-order valence-corrected chi connectivity index (χ2v) is 7.16. The van der Waals surface area contributed by atoms with E-state index in [0.717, 1.165) is 51.9 Å². The van der Waals surface area contributed by atoms with Gasteiger partial charge in [-0.05, 0) is 25.7 Å². The maximum atomic E-state index is 11.7. The molecule has 0 aliphatic carbocycles. The van der Waals surface area contributed by atoms with E-state index < -0.39 is 0 Å². The molecule has 0 unspecified atom stereocenters. The van der Waals surface area contributed by atoms with E-state index >= 15 is 0 Å². The Morgan fingerprint density at radius 3 is 1.39 bits per heavy atom. The molecule has 2 aliphatic heterocycles. The molecule has 0 bridgehead atoms. The van der Waals surface area contributed by atoms with Crippen LogP contribution < -0.4 is 0 Å². The van der Waals surface area contributed by atoms with Gasteiger partial charge in [-0.2, -0.15) is 0 Å². The molecule has 0 N–H and O–H groups in total. The summed E-state index contributed by atoms with van der Waals surface area (Å²) in [5.74, 6) is 1.44. The molecular formula is C12H20N2O2S2. The summed E-state index contributed by atoms with van der Waals surface area (Å²) in [4.78, 5) is 27.3. The van der Waals surface area contributed by atoms with E-state index in [1.165, 1.54) is 21.6 Å². The zero-order valence-electron chi connectivity index (χ0n) is 10.6. The van der Waals surface area contributed by atoms with Crippen LogP contribution >= 0.6 is 21.6 Å². The van der Waals surface area contributed by atoms with Gasteiger partial charge < -0.3 is 9.80 Å². The highest BCUT2D eigenvalue weighted by molar-refractivity contribution is 8.77. The van der Waals surface area contributed by atoms with Gasteiger partial charge in [-0.3, -0.25) is 9.59 Å². The summed E-state index contributed by atoms with van der Waals surface area (Å²) in [5, 5.41) is 0. The molecular weight excluding hydrogens is 268 g/mol. The fourth-order valence-electron chi connectivity index (χ4n) is 2.30. The van der Waals surface area contributed by atoms with Gasteiger partial charge in [0.2, 0.25) is 11.8 Å². The van der Waals surface area contributed by atoms with Gasteiger partial charge in [0.1, 0.15) is 0 Å². The summed E-state index contributed by atoms with van der Waals surface area (Å²) in [6.45, 7) is 3.65. The number of hydrogen-bond acceptors (Lipinski definition) is 4. The van der Waals surface area contributed by atoms with Gasteiger partial charge in [0.05, 0.1) is 11.5 Å². The smallest absolute Gasteiger partial charge is 0.233 e. The standard InChI is InChI=1S/C12H20N2O2S2/c15-11(13-5-1-2-6-13)9-17-18-10-12(16)14-7-3-4-8-14/h1-10H2. The van der Waals surface area contributed by atoms with Crippen LogP contribution in [0.4, 0.5) is 0 Å². The van der Waals surface area contributed by atoms with Crippen LogP contribution in [0.25, 0.3) is 0 Å². The highest BCUT2D eigenvalue weighted by atomic mass is 33.1. The Bertz CT molecular complexity index is 270. The van der Waals surface area contributed by atoms with Crippen LogP contribution in [0.2, 0.25) is 0 Å². The molecule has 18 heavy (non-hydrogen) atoms. The molecule has 0 spiro atoms. The van der Waals surface area contributed by atoms with Crippen LogP contribution in [0.5, 0.6) is 0 Å². The molecule has 2 amide bonds. The molecule has 4 nitrogen and oxygen atoms in total. The van der Waals surface area contributed by atoms with Crippen molar-refractivity contribution in [3.8, 4) is 0 Å². The van der Waals surface area contributed by atoms with Gasteiger partial charge in [0.25, 0.3) is 0 Å². The molecule has 6 heteroatoms. The summed E-state index contributed by atoms with van der Waals surface area (Å²) in [6, 6.07) is 0. The van der Waals surface area contributed by atoms with Crippen molar-refractivity contribution < 1.29 is 9.59 Å². The highest BCUT2D eigenvalue weighted by Crippen LogP contribution is 2.23. The summed E-state index contributed by atoms with van der Waals surface area (Å²) in [7, 11) is 3.03. The molecule has 0 radical (unpaired) electrons. The van der Waals surface area contributed by atoms with Gasteiger partial charge >= 0.3 is 0 Å². The summed E-state index contributed by atoms with van der Waals surface area (Å²) >= 11 is 0. The fraction of sp³-hybridized carbons (Fsp3) is 0.833. The van der Waals surface area contributed by atoms with E-state index in [9.17, 15) is 9.59 Å². The van der Waals surface area contributed by atoms with Crippen LogP contribution in [-0.4, -0.2) is 59.3 Å². The number of likely N-dealkylation sites (tertiary alicyclic amines) is 2. The first-order valence-electron chi connectivity index (χ1n) is 6.57. The molecule has 0 aromatic carbocycles. The first kappa shape index (κ1) is 14.1. The third-order valence-corrected chi connectivity index (χ3v) is 5.47. The van der Waals surface area contributed by atoms with E-state index in [4.69, 9.17) is 0 Å². The topological polar surface area (TPSA) is 40.6 Å². The Labute approximate surface area is 116 Å². The molecule has 2 rings (SSSR count). The minimum atomic E-state index is 0.221. The summed E-state index contributed by atoms with van der Waals surface area (Å²) in [5.41, 5.74) is 0. The van der Waals surface area contributed by atoms with E-state index in [-0.39, 0.29) is 11.8 Å². The van der Waals surface area contributed by atoms with Crippen molar-refractivity contribution in [1.82, 2.24) is 9.80 Å². The van der Waals surface area contributed by atoms with Gasteiger partial charge in [-0.15, -0.1) is 0 Å². The van der Waals surface area contributed by atoms with E-state index in [2.05, 4.69) is 0 Å². The number of carbonyl (C=O) groups excluding carboxylic acids is 2. The van der Waals surface area contributed by atoms with Crippen LogP contribution in [0.3, 0.4) is 0 Å². The molecule has 0 aromatic heterocycles. The first-order valence-corrected chi connectivity index (χ1v) is 9.06. The molecule has 0 atom stereocenters. The molecule has 2 saturated heterocycles. The second-order valence-electron chi connectivity index (χ2n) is 4.70. The van der Waals surface area contributed by atoms with Gasteiger partial charge in [0.15, 0.2) is 0 Å². The van der Waals surface area contributed by atoms with Crippen molar-refractivity contribution in [2.24, 2.45) is 0 Å². The average Bonchev–Trinajstić information content (AvgIpc) is 3.05. The largest absolute Gasteiger partial charge is 0.342 e. The van der Waals surface area contributed by atoms with Gasteiger partial charge in [0, 0.05) is 26.2 Å². The van der Waals surface area contributed by atoms with Crippen LogP contribution in [0.1, 0.15) is 25.7 Å². The Balaban J connectivity index is 1.55. The normalized spacial score (nSPS) is 19.6. The van der Waals surface area contributed by atoms with Crippen molar-refractivity contribution in [3.63, 3.8) is 0 Å². The number of rotatable bonds is 5. The molecule has 0 aromatic rings. The Kier molecular flexibility index (Phi) is 5.69. The molecule has 102 valence electrons. The van der Waals surface area contributed by atoms with E-state index in [1.807, 2.05) is 9.80 Å². The quantitative estimate of drug-likeness (QED) is 0.569. The second kappa shape index (κ2) is 7.28. The maximum Gasteiger partial charge on any atom is 0.233 e. The van der Waals surface area contributed by atoms with Gasteiger partial charge in [-0.1, -0.05) is 21.6 Å². The lowest BCUT2D eigenvalue weighted by Gasteiger charge is -2.15. The lowest BCUT2D eigenvalue weighted by atomic mass is 10.4. The van der Waals surface area contributed by atoms with E-state index in [1.54, 1.807) is 0 Å². The summed E-state index contributed by atoms with van der Waals surface area (Å²) in [6.07, 6.45) is 4.54. The lowest BCUT2D eigenvalue weighted by Crippen LogP contribution is -2.30. The SMILES string of the molecule is O=C(CSSCC(=O)N1CCCC1)N1CCCC1. The zero-order chi connectivity index (χ0) is 12.8. The molecule has 2 aliphatic rings. The number of carbonyl (C=O) groups is 2. The predicted molar refractivity (Wildman–Crippen MR) is 76.5 cm³/mol. The Hall–Kier alpha value is -0.360. The number of amides is 2. The van der Waals surface area contributed by atoms with E-state index in [0.29, 0.717) is 11.5 Å². The monoisotopic (exact) mass is 288 g/mol. The molecule has 2 heterocycles. The fourth-order valence-corrected chi connectivity index (χ4v) is 4.14. The van der Waals surface area contributed by atoms with Crippen LogP contribution in [0.15, 0.2) is 0 Å². The van der Waals surface area contributed by atoms with Crippen molar-refractivity contribution in [3.05, 3.63) is 0 Å². The molecule has 0 saturated carbocycles. The number of nitrogens with zero attached hydrogens (tertiary/aromatic N) is 2. The Morgan fingerprint density at radius 2 is 1.06 bits per heavy atom. The minimum Gasteiger partial charge on any atom is -0.342 e. The third-order valence-electron chi connectivity index (χ3n) is 3.37. The number of hydrogen-bond donors (Lipinski definition) is 0. The third kappa shape index (κ3) is 4.09. The first-order chi connectivity index (χ1) is 8.77. The molecule has 2 fully saturated rings. The van der Waals surface area contributed by atoms with Crippen molar-refractivity contribution in [1.29, 1.82) is 0 Å². The summed E-state index contributed by atoms with van der Waals surface area (Å²) < 4.78 is 0. The average molecular weight is 288 g/mol. The maximum absolute atomic E-state index is 11.7. The van der Waals surface area contributed by atoms with Crippen molar-refractivity contribution in [2.45, 2.75) is 25.7 Å². The van der Waals surface area contributed by atoms with Gasteiger partial charge in [-0.25, -0.2) is 0 Å². The van der Waals surface area contributed by atoms with Crippen LogP contribution in [0, 0.1) is 0 Å². The zero-order valence-corrected chi connectivity index (χ0v) is 12.2. The van der Waals surface area contributed by atoms with Crippen molar-refractivity contribution >= 4 is 33.4 Å². The van der Waals surface area contributed by atoms with Crippen molar-refractivity contribution in [2.75, 3.05) is 37.7 Å². The Morgan fingerprint density at radius 1 is 0.722 bits per heavy atom. The predicted octanol–water partition coefficient (Wildman–Crippen LogP) is 1.61.